The summed E-state index contributed by atoms with van der Waals surface area (Å²) in [6.07, 6.45) is 4.59. The van der Waals surface area contributed by atoms with Crippen LogP contribution in [0, 0.1) is 65.5 Å². The van der Waals surface area contributed by atoms with E-state index in [-0.39, 0.29) is 5.56 Å². The molecule has 3 aromatic rings. The van der Waals surface area contributed by atoms with Crippen molar-refractivity contribution in [3.05, 3.63) is 98.6 Å². The molecule has 0 aliphatic heterocycles. The highest BCUT2D eigenvalue weighted by Crippen LogP contribution is 2.29. The van der Waals surface area contributed by atoms with Gasteiger partial charge >= 0.3 is 0 Å². The Morgan fingerprint density at radius 1 is 0.703 bits per heavy atom. The van der Waals surface area contributed by atoms with E-state index in [0.29, 0.717) is 28.7 Å². The summed E-state index contributed by atoms with van der Waals surface area (Å²) in [4.78, 5) is 0. The minimum atomic E-state index is -1.68. The number of ether oxygens (including phenoxy) is 1. The van der Waals surface area contributed by atoms with Crippen molar-refractivity contribution >= 4 is 0 Å². The third kappa shape index (κ3) is 6.49. The summed E-state index contributed by atoms with van der Waals surface area (Å²) in [6.45, 7) is 3.72. The SMILES string of the molecule is CCCCCCc1cc(F)c(C#Cc2ccc(C#Cc3c(F)c(F)c(OC)c(F)c3F)c(C)c2)c(F)c1. The maximum Gasteiger partial charge on any atom is 0.205 e. The van der Waals surface area contributed by atoms with Crippen LogP contribution in [0.15, 0.2) is 30.3 Å². The van der Waals surface area contributed by atoms with Crippen LogP contribution in [0.3, 0.4) is 0 Å². The normalized spacial score (nSPS) is 10.4. The number of methoxy groups -OCH3 is 1. The minimum Gasteiger partial charge on any atom is -0.491 e. The van der Waals surface area contributed by atoms with E-state index in [9.17, 15) is 26.3 Å². The second kappa shape index (κ2) is 12.4. The van der Waals surface area contributed by atoms with Crippen molar-refractivity contribution in [3.63, 3.8) is 0 Å². The second-order valence-corrected chi connectivity index (χ2v) is 8.44. The van der Waals surface area contributed by atoms with Gasteiger partial charge in [-0.05, 0) is 61.2 Å². The van der Waals surface area contributed by atoms with Crippen LogP contribution in [0.2, 0.25) is 0 Å². The maximum absolute atomic E-state index is 14.5. The van der Waals surface area contributed by atoms with E-state index in [0.717, 1.165) is 32.8 Å². The van der Waals surface area contributed by atoms with Crippen molar-refractivity contribution in [2.45, 2.75) is 46.0 Å². The summed E-state index contributed by atoms with van der Waals surface area (Å²) >= 11 is 0. The largest absolute Gasteiger partial charge is 0.491 e. The molecule has 3 rings (SSSR count). The van der Waals surface area contributed by atoms with Crippen LogP contribution in [0.1, 0.15) is 66.0 Å². The number of rotatable bonds is 6. The second-order valence-electron chi connectivity index (χ2n) is 8.44. The minimum absolute atomic E-state index is 0.311. The van der Waals surface area contributed by atoms with Crippen molar-refractivity contribution in [1.29, 1.82) is 0 Å². The quantitative estimate of drug-likeness (QED) is 0.141. The highest BCUT2D eigenvalue weighted by Gasteiger charge is 2.25. The molecule has 0 aliphatic rings. The molecule has 0 N–H and O–H groups in total. The van der Waals surface area contributed by atoms with E-state index in [2.05, 4.69) is 35.3 Å². The molecule has 0 spiro atoms. The Kier molecular flexibility index (Phi) is 9.31. The fourth-order valence-electron chi connectivity index (χ4n) is 3.69. The zero-order valence-corrected chi connectivity index (χ0v) is 20.6. The van der Waals surface area contributed by atoms with Gasteiger partial charge < -0.3 is 4.74 Å². The number of benzene rings is 3. The van der Waals surface area contributed by atoms with Gasteiger partial charge in [-0.1, -0.05) is 49.9 Å². The third-order valence-corrected chi connectivity index (χ3v) is 5.73. The first kappa shape index (κ1) is 27.7. The zero-order chi connectivity index (χ0) is 27.1. The first-order chi connectivity index (χ1) is 17.7. The number of hydrogen-bond donors (Lipinski definition) is 0. The van der Waals surface area contributed by atoms with Crippen molar-refractivity contribution in [3.8, 4) is 29.4 Å². The molecule has 0 radical (unpaired) electrons. The Bertz CT molecular complexity index is 1380. The molecule has 0 atom stereocenters. The Hall–Kier alpha value is -3.84. The average molecular weight is 515 g/mol. The van der Waals surface area contributed by atoms with E-state index < -0.39 is 46.2 Å². The lowest BCUT2D eigenvalue weighted by Crippen LogP contribution is -2.04. The predicted octanol–water partition coefficient (Wildman–Crippen LogP) is 7.76. The van der Waals surface area contributed by atoms with Gasteiger partial charge in [0, 0.05) is 11.1 Å². The van der Waals surface area contributed by atoms with Gasteiger partial charge in [0.05, 0.1) is 12.7 Å². The molecule has 0 bridgehead atoms. The highest BCUT2D eigenvalue weighted by molar-refractivity contribution is 5.53. The van der Waals surface area contributed by atoms with Gasteiger partial charge in [-0.15, -0.1) is 0 Å². The molecule has 0 saturated heterocycles. The molecule has 0 fully saturated rings. The van der Waals surface area contributed by atoms with Gasteiger partial charge in [0.2, 0.25) is 11.6 Å². The molecule has 0 aromatic heterocycles. The van der Waals surface area contributed by atoms with Crippen molar-refractivity contribution in [2.75, 3.05) is 7.11 Å². The van der Waals surface area contributed by atoms with Crippen LogP contribution in [0.4, 0.5) is 26.3 Å². The van der Waals surface area contributed by atoms with Gasteiger partial charge in [-0.3, -0.25) is 0 Å². The van der Waals surface area contributed by atoms with Crippen LogP contribution in [0.5, 0.6) is 5.75 Å². The number of halogens is 6. The van der Waals surface area contributed by atoms with Crippen LogP contribution in [-0.4, -0.2) is 7.11 Å². The molecular weight excluding hydrogens is 490 g/mol. The van der Waals surface area contributed by atoms with Gasteiger partial charge in [0.15, 0.2) is 17.4 Å². The fraction of sp³-hybridized carbons (Fsp3) is 0.267. The Balaban J connectivity index is 1.84. The Labute approximate surface area is 212 Å². The standard InChI is InChI=1S/C30H24F6O/c1-4-5-6-7-8-20-16-24(31)22(25(32)17-20)13-10-19-9-11-21(18(2)15-19)12-14-23-26(33)28(35)30(37-3)29(36)27(23)34/h9,11,15-17H,4-8H2,1-3H3. The van der Waals surface area contributed by atoms with Gasteiger partial charge in [0.1, 0.15) is 17.2 Å². The summed E-state index contributed by atoms with van der Waals surface area (Å²) in [5.74, 6) is 0.467. The monoisotopic (exact) mass is 514 g/mol. The summed E-state index contributed by atoms with van der Waals surface area (Å²) < 4.78 is 89.4. The number of unbranched alkanes of at least 4 members (excludes halogenated alkanes) is 3. The van der Waals surface area contributed by atoms with Crippen LogP contribution in [-0.2, 0) is 6.42 Å². The van der Waals surface area contributed by atoms with Crippen LogP contribution >= 0.6 is 0 Å². The summed E-state index contributed by atoms with van der Waals surface area (Å²) in [6, 6.07) is 7.14. The maximum atomic E-state index is 14.5. The molecule has 0 heterocycles. The molecule has 0 aliphatic carbocycles. The van der Waals surface area contributed by atoms with E-state index in [1.165, 1.54) is 24.3 Å². The highest BCUT2D eigenvalue weighted by atomic mass is 19.2. The van der Waals surface area contributed by atoms with Gasteiger partial charge in [-0.25, -0.2) is 17.6 Å². The molecule has 1 nitrogen and oxygen atoms in total. The van der Waals surface area contributed by atoms with Crippen molar-refractivity contribution < 1.29 is 31.1 Å². The van der Waals surface area contributed by atoms with E-state index >= 15 is 0 Å². The molecular formula is C30H24F6O. The smallest absolute Gasteiger partial charge is 0.205 e. The van der Waals surface area contributed by atoms with Crippen molar-refractivity contribution in [2.24, 2.45) is 0 Å². The van der Waals surface area contributed by atoms with E-state index in [1.807, 2.05) is 0 Å². The molecule has 7 heteroatoms. The first-order valence-corrected chi connectivity index (χ1v) is 11.7. The lowest BCUT2D eigenvalue weighted by Gasteiger charge is -2.07. The lowest BCUT2D eigenvalue weighted by atomic mass is 10.0. The molecule has 0 amide bonds. The average Bonchev–Trinajstić information content (AvgIpc) is 2.86. The fourth-order valence-corrected chi connectivity index (χ4v) is 3.69. The van der Waals surface area contributed by atoms with Crippen LogP contribution in [0.25, 0.3) is 0 Å². The number of aryl methyl sites for hydroxylation is 2. The van der Waals surface area contributed by atoms with Crippen molar-refractivity contribution in [1.82, 2.24) is 0 Å². The van der Waals surface area contributed by atoms with E-state index in [1.54, 1.807) is 13.0 Å². The summed E-state index contributed by atoms with van der Waals surface area (Å²) in [5, 5.41) is 0. The van der Waals surface area contributed by atoms with Crippen LogP contribution < -0.4 is 4.74 Å². The van der Waals surface area contributed by atoms with Gasteiger partial charge in [-0.2, -0.15) is 8.78 Å². The Morgan fingerprint density at radius 2 is 1.32 bits per heavy atom. The Morgan fingerprint density at radius 3 is 1.89 bits per heavy atom. The molecule has 192 valence electrons. The third-order valence-electron chi connectivity index (χ3n) is 5.73. The predicted molar refractivity (Wildman–Crippen MR) is 130 cm³/mol. The zero-order valence-electron chi connectivity index (χ0n) is 20.6. The summed E-state index contributed by atoms with van der Waals surface area (Å²) in [5.41, 5.74) is 0.431. The molecule has 3 aromatic carbocycles. The summed E-state index contributed by atoms with van der Waals surface area (Å²) in [7, 11) is 0.882. The molecule has 0 unspecified atom stereocenters. The lowest BCUT2D eigenvalue weighted by molar-refractivity contribution is 0.331. The van der Waals surface area contributed by atoms with Gasteiger partial charge in [0.25, 0.3) is 0 Å². The molecule has 37 heavy (non-hydrogen) atoms. The first-order valence-electron chi connectivity index (χ1n) is 11.7. The molecule has 0 saturated carbocycles. The van der Waals surface area contributed by atoms with E-state index in [4.69, 9.17) is 0 Å². The number of hydrogen-bond acceptors (Lipinski definition) is 1. The topological polar surface area (TPSA) is 9.23 Å².